The first-order valence-corrected chi connectivity index (χ1v) is 6.26. The molecule has 2 fully saturated rings. The Morgan fingerprint density at radius 2 is 2.33 bits per heavy atom. The zero-order valence-corrected chi connectivity index (χ0v) is 10.8. The lowest BCUT2D eigenvalue weighted by molar-refractivity contribution is -0.143. The van der Waals surface area contributed by atoms with Gasteiger partial charge < -0.3 is 9.84 Å². The number of esters is 1. The number of rotatable bonds is 3. The van der Waals surface area contributed by atoms with Gasteiger partial charge in [0.25, 0.3) is 0 Å². The number of fused-ring (bicyclic) bond motifs is 1. The van der Waals surface area contributed by atoms with Crippen molar-refractivity contribution in [2.75, 3.05) is 6.61 Å². The SMILES string of the molecule is C=C[C@]1(C)CC[C@H]2C(=C)C(=O)O[C@@H]2[C@H]1C(=C)CO. The highest BCUT2D eigenvalue weighted by Crippen LogP contribution is 2.52. The van der Waals surface area contributed by atoms with E-state index in [1.807, 2.05) is 6.08 Å². The quantitative estimate of drug-likeness (QED) is 0.473. The van der Waals surface area contributed by atoms with Crippen molar-refractivity contribution >= 4 is 5.97 Å². The first-order chi connectivity index (χ1) is 8.44. The second-order valence-electron chi connectivity index (χ2n) is 5.54. The van der Waals surface area contributed by atoms with Gasteiger partial charge in [-0.2, -0.15) is 0 Å². The van der Waals surface area contributed by atoms with Crippen molar-refractivity contribution < 1.29 is 14.6 Å². The number of hydrogen-bond acceptors (Lipinski definition) is 3. The van der Waals surface area contributed by atoms with Crippen LogP contribution >= 0.6 is 0 Å². The van der Waals surface area contributed by atoms with Crippen molar-refractivity contribution in [3.05, 3.63) is 37.0 Å². The minimum absolute atomic E-state index is 0.0545. The fraction of sp³-hybridized carbons (Fsp3) is 0.533. The van der Waals surface area contributed by atoms with Gasteiger partial charge in [0.05, 0.1) is 6.61 Å². The Kier molecular flexibility index (Phi) is 3.20. The van der Waals surface area contributed by atoms with Crippen molar-refractivity contribution in [3.63, 3.8) is 0 Å². The van der Waals surface area contributed by atoms with Crippen LogP contribution in [0.2, 0.25) is 0 Å². The van der Waals surface area contributed by atoms with E-state index in [4.69, 9.17) is 4.74 Å². The maximum Gasteiger partial charge on any atom is 0.334 e. The number of carbonyl (C=O) groups is 1. The van der Waals surface area contributed by atoms with E-state index in [2.05, 4.69) is 26.7 Å². The molecule has 0 aromatic carbocycles. The third-order valence-electron chi connectivity index (χ3n) is 4.49. The van der Waals surface area contributed by atoms with E-state index < -0.39 is 0 Å². The predicted molar refractivity (Wildman–Crippen MR) is 69.8 cm³/mol. The molecule has 0 bridgehead atoms. The molecule has 3 heteroatoms. The molecule has 0 radical (unpaired) electrons. The molecule has 4 atom stereocenters. The van der Waals surface area contributed by atoms with E-state index in [0.29, 0.717) is 11.1 Å². The molecule has 1 heterocycles. The lowest BCUT2D eigenvalue weighted by atomic mass is 9.60. The molecule has 3 nitrogen and oxygen atoms in total. The van der Waals surface area contributed by atoms with Gasteiger partial charge in [-0.05, 0) is 23.8 Å². The van der Waals surface area contributed by atoms with Crippen LogP contribution < -0.4 is 0 Å². The van der Waals surface area contributed by atoms with Crippen LogP contribution in [0.5, 0.6) is 0 Å². The van der Waals surface area contributed by atoms with Crippen molar-refractivity contribution in [3.8, 4) is 0 Å². The van der Waals surface area contributed by atoms with Crippen LogP contribution in [0.1, 0.15) is 19.8 Å². The topological polar surface area (TPSA) is 46.5 Å². The standard InChI is InChI=1S/C15H20O3/c1-5-15(4)7-6-11-10(3)14(17)18-13(11)12(15)9(2)8-16/h5,11-13,16H,1-3,6-8H2,4H3/t11-,12+,13-,15+/m0/s1. The summed E-state index contributed by atoms with van der Waals surface area (Å²) < 4.78 is 5.45. The van der Waals surface area contributed by atoms with Crippen LogP contribution in [0.15, 0.2) is 37.0 Å². The summed E-state index contributed by atoms with van der Waals surface area (Å²) in [6.07, 6.45) is 3.41. The molecule has 0 unspecified atom stereocenters. The molecule has 18 heavy (non-hydrogen) atoms. The summed E-state index contributed by atoms with van der Waals surface area (Å²) in [4.78, 5) is 11.7. The molecule has 1 saturated carbocycles. The zero-order valence-electron chi connectivity index (χ0n) is 10.8. The Hall–Kier alpha value is -1.35. The molecule has 0 aromatic rings. The van der Waals surface area contributed by atoms with Gasteiger partial charge in [0, 0.05) is 17.4 Å². The number of aliphatic hydroxyl groups excluding tert-OH is 1. The maximum atomic E-state index is 11.7. The lowest BCUT2D eigenvalue weighted by Crippen LogP contribution is -2.44. The number of aliphatic hydroxyl groups is 1. The third kappa shape index (κ3) is 1.74. The highest BCUT2D eigenvalue weighted by Gasteiger charge is 2.53. The molecule has 1 aliphatic carbocycles. The predicted octanol–water partition coefficient (Wildman–Crippen LogP) is 2.24. The Labute approximate surface area is 108 Å². The van der Waals surface area contributed by atoms with Crippen molar-refractivity contribution in [2.24, 2.45) is 17.3 Å². The van der Waals surface area contributed by atoms with E-state index in [9.17, 15) is 9.90 Å². The van der Waals surface area contributed by atoms with Gasteiger partial charge in [-0.15, -0.1) is 6.58 Å². The molecule has 2 aliphatic rings. The largest absolute Gasteiger partial charge is 0.458 e. The molecule has 1 saturated heterocycles. The maximum absolute atomic E-state index is 11.7. The highest BCUT2D eigenvalue weighted by molar-refractivity contribution is 5.91. The van der Waals surface area contributed by atoms with Gasteiger partial charge in [0.1, 0.15) is 6.10 Å². The zero-order chi connectivity index (χ0) is 13.5. The smallest absolute Gasteiger partial charge is 0.334 e. The fourth-order valence-corrected chi connectivity index (χ4v) is 3.29. The molecule has 0 aromatic heterocycles. The molecular weight excluding hydrogens is 228 g/mol. The molecule has 98 valence electrons. The van der Waals surface area contributed by atoms with Gasteiger partial charge in [0.2, 0.25) is 0 Å². The Morgan fingerprint density at radius 1 is 1.67 bits per heavy atom. The second kappa shape index (κ2) is 4.39. The van der Waals surface area contributed by atoms with Crippen LogP contribution in [0.3, 0.4) is 0 Å². The minimum atomic E-state index is -0.311. The minimum Gasteiger partial charge on any atom is -0.458 e. The molecule has 2 rings (SSSR count). The summed E-state index contributed by atoms with van der Waals surface area (Å²) in [7, 11) is 0. The Balaban J connectivity index is 2.39. The fourth-order valence-electron chi connectivity index (χ4n) is 3.29. The Morgan fingerprint density at radius 3 is 2.89 bits per heavy atom. The lowest BCUT2D eigenvalue weighted by Gasteiger charge is -2.45. The second-order valence-corrected chi connectivity index (χ2v) is 5.54. The van der Waals surface area contributed by atoms with Crippen molar-refractivity contribution in [1.82, 2.24) is 0 Å². The summed E-state index contributed by atoms with van der Waals surface area (Å²) in [5.74, 6) is -0.338. The average molecular weight is 248 g/mol. The first-order valence-electron chi connectivity index (χ1n) is 6.26. The van der Waals surface area contributed by atoms with Gasteiger partial charge in [-0.1, -0.05) is 26.2 Å². The molecule has 0 amide bonds. The van der Waals surface area contributed by atoms with E-state index in [1.54, 1.807) is 0 Å². The van der Waals surface area contributed by atoms with E-state index >= 15 is 0 Å². The van der Waals surface area contributed by atoms with Gasteiger partial charge >= 0.3 is 5.97 Å². The first kappa shape index (κ1) is 13.1. The third-order valence-corrected chi connectivity index (χ3v) is 4.49. The number of ether oxygens (including phenoxy) is 1. The molecule has 1 N–H and O–H groups in total. The monoisotopic (exact) mass is 248 g/mol. The molecule has 0 spiro atoms. The number of hydrogen-bond donors (Lipinski definition) is 1. The average Bonchev–Trinajstić information content (AvgIpc) is 2.64. The summed E-state index contributed by atoms with van der Waals surface area (Å²) in [6, 6.07) is 0. The van der Waals surface area contributed by atoms with Gasteiger partial charge in [0.15, 0.2) is 0 Å². The van der Waals surface area contributed by atoms with Gasteiger partial charge in [-0.25, -0.2) is 4.79 Å². The normalized spacial score (nSPS) is 39.1. The summed E-state index contributed by atoms with van der Waals surface area (Å²) in [5, 5.41) is 9.37. The van der Waals surface area contributed by atoms with Crippen LogP contribution in [0, 0.1) is 17.3 Å². The van der Waals surface area contributed by atoms with Crippen molar-refractivity contribution in [1.29, 1.82) is 0 Å². The van der Waals surface area contributed by atoms with Crippen LogP contribution in [-0.2, 0) is 9.53 Å². The van der Waals surface area contributed by atoms with Gasteiger partial charge in [-0.3, -0.25) is 0 Å². The van der Waals surface area contributed by atoms with E-state index in [1.165, 1.54) is 0 Å². The summed E-state index contributed by atoms with van der Waals surface area (Å²) >= 11 is 0. The van der Waals surface area contributed by atoms with E-state index in [-0.39, 0.29) is 35.9 Å². The van der Waals surface area contributed by atoms with Crippen LogP contribution in [-0.4, -0.2) is 23.8 Å². The van der Waals surface area contributed by atoms with Crippen LogP contribution in [0.25, 0.3) is 0 Å². The summed E-state index contributed by atoms with van der Waals surface area (Å²) in [5.41, 5.74) is 1.07. The highest BCUT2D eigenvalue weighted by atomic mass is 16.6. The van der Waals surface area contributed by atoms with E-state index in [0.717, 1.165) is 12.8 Å². The molecule has 1 aliphatic heterocycles. The van der Waals surface area contributed by atoms with Crippen molar-refractivity contribution in [2.45, 2.75) is 25.9 Å². The number of allylic oxidation sites excluding steroid dienone is 1. The molecular formula is C15H20O3. The number of carbonyl (C=O) groups excluding carboxylic acids is 1. The van der Waals surface area contributed by atoms with Crippen LogP contribution in [0.4, 0.5) is 0 Å². The summed E-state index contributed by atoms with van der Waals surface area (Å²) in [6.45, 7) is 13.6. The Bertz CT molecular complexity index is 423.